The molecular weight excluding hydrogens is 362 g/mol. The van der Waals surface area contributed by atoms with E-state index in [0.717, 1.165) is 34.0 Å². The second-order valence-corrected chi connectivity index (χ2v) is 7.60. The van der Waals surface area contributed by atoms with Crippen LogP contribution in [0.2, 0.25) is 0 Å². The third-order valence-electron chi connectivity index (χ3n) is 4.86. The van der Waals surface area contributed by atoms with Crippen LogP contribution in [0.1, 0.15) is 27.8 Å². The molecule has 4 rings (SSSR count). The summed E-state index contributed by atoms with van der Waals surface area (Å²) in [7, 11) is 3.58. The van der Waals surface area contributed by atoms with E-state index in [1.54, 1.807) is 23.6 Å². The van der Waals surface area contributed by atoms with Crippen LogP contribution in [0.3, 0.4) is 0 Å². The largest absolute Gasteiger partial charge is 0.497 e. The zero-order valence-electron chi connectivity index (χ0n) is 15.7. The Morgan fingerprint density at radius 1 is 1.26 bits per heavy atom. The Hall–Kier alpha value is -2.74. The number of rotatable bonds is 3. The lowest BCUT2D eigenvalue weighted by Crippen LogP contribution is -2.15. The van der Waals surface area contributed by atoms with Crippen molar-refractivity contribution in [3.05, 3.63) is 53.0 Å². The fraction of sp³-hybridized carbons (Fsp3) is 0.316. The second kappa shape index (κ2) is 6.77. The average Bonchev–Trinajstić information content (AvgIpc) is 3.12. The minimum Gasteiger partial charge on any atom is -0.497 e. The molecule has 2 aromatic heterocycles. The highest BCUT2D eigenvalue weighted by Crippen LogP contribution is 2.44. The quantitative estimate of drug-likeness (QED) is 0.753. The summed E-state index contributed by atoms with van der Waals surface area (Å²) in [6.45, 7) is 4.07. The molecule has 8 heteroatoms. The van der Waals surface area contributed by atoms with Gasteiger partial charge in [0, 0.05) is 23.9 Å². The molecule has 0 radical (unpaired) electrons. The number of aromatic nitrogens is 4. The maximum atomic E-state index is 12.4. The third kappa shape index (κ3) is 2.99. The van der Waals surface area contributed by atoms with E-state index >= 15 is 0 Å². The number of nitrogens with zero attached hydrogens (tertiary/aromatic N) is 4. The lowest BCUT2D eigenvalue weighted by atomic mass is 10.0. The third-order valence-corrected chi connectivity index (χ3v) is 6.11. The summed E-state index contributed by atoms with van der Waals surface area (Å²) < 4.78 is 8.89. The number of carbonyl (C=O) groups excluding carboxylic acids is 1. The number of methoxy groups -OCH3 is 1. The topological polar surface area (TPSA) is 74.0 Å². The number of benzene rings is 1. The fourth-order valence-electron chi connectivity index (χ4n) is 3.42. The molecule has 3 aromatic rings. The van der Waals surface area contributed by atoms with Crippen LogP contribution >= 0.6 is 11.8 Å². The van der Waals surface area contributed by atoms with Gasteiger partial charge in [0.2, 0.25) is 5.91 Å². The van der Waals surface area contributed by atoms with Gasteiger partial charge in [-0.15, -0.1) is 11.8 Å². The molecule has 0 fully saturated rings. The van der Waals surface area contributed by atoms with Gasteiger partial charge in [-0.25, -0.2) is 4.68 Å². The van der Waals surface area contributed by atoms with E-state index in [1.807, 2.05) is 49.1 Å². The van der Waals surface area contributed by atoms with E-state index < -0.39 is 0 Å². The smallest absolute Gasteiger partial charge is 0.235 e. The van der Waals surface area contributed by atoms with Gasteiger partial charge in [0.25, 0.3) is 0 Å². The number of ether oxygens (including phenoxy) is 1. The summed E-state index contributed by atoms with van der Waals surface area (Å²) >= 11 is 1.61. The molecule has 1 atom stereocenters. The number of anilines is 1. The molecule has 0 spiro atoms. The number of aryl methyl sites for hydroxylation is 2. The molecule has 0 aliphatic carbocycles. The normalized spacial score (nSPS) is 16.6. The molecule has 1 aliphatic rings. The van der Waals surface area contributed by atoms with E-state index in [0.29, 0.717) is 11.6 Å². The summed E-state index contributed by atoms with van der Waals surface area (Å²) in [4.78, 5) is 12.4. The zero-order chi connectivity index (χ0) is 19.1. The Bertz CT molecular complexity index is 1010. The molecule has 1 amide bonds. The predicted octanol–water partition coefficient (Wildman–Crippen LogP) is 3.01. The van der Waals surface area contributed by atoms with Gasteiger partial charge >= 0.3 is 0 Å². The Kier molecular flexibility index (Phi) is 4.43. The molecular formula is C19H21N5O2S. The van der Waals surface area contributed by atoms with Gasteiger partial charge < -0.3 is 10.1 Å². The maximum absolute atomic E-state index is 12.4. The van der Waals surface area contributed by atoms with Crippen molar-refractivity contribution in [2.24, 2.45) is 7.05 Å². The first-order valence-corrected chi connectivity index (χ1v) is 9.68. The maximum Gasteiger partial charge on any atom is 0.235 e. The van der Waals surface area contributed by atoms with Gasteiger partial charge in [0.1, 0.15) is 11.6 Å². The molecule has 0 bridgehead atoms. The first-order chi connectivity index (χ1) is 13.0. The number of thioether (sulfide) groups is 1. The Morgan fingerprint density at radius 3 is 2.63 bits per heavy atom. The van der Waals surface area contributed by atoms with Gasteiger partial charge in [0.05, 0.1) is 35.7 Å². The van der Waals surface area contributed by atoms with Crippen molar-refractivity contribution in [2.75, 3.05) is 18.2 Å². The van der Waals surface area contributed by atoms with Gasteiger partial charge in [-0.2, -0.15) is 10.2 Å². The van der Waals surface area contributed by atoms with Crippen LogP contribution in [0.4, 0.5) is 5.82 Å². The highest BCUT2D eigenvalue weighted by molar-refractivity contribution is 8.00. The minimum atomic E-state index is -0.0294. The van der Waals surface area contributed by atoms with Crippen LogP contribution in [0.15, 0.2) is 30.5 Å². The number of hydrogen-bond acceptors (Lipinski definition) is 5. The summed E-state index contributed by atoms with van der Waals surface area (Å²) in [5, 5.41) is 12.1. The average molecular weight is 383 g/mol. The number of amides is 1. The van der Waals surface area contributed by atoms with Gasteiger partial charge in [0.15, 0.2) is 0 Å². The summed E-state index contributed by atoms with van der Waals surface area (Å²) in [5.41, 5.74) is 5.07. The molecule has 0 saturated heterocycles. The van der Waals surface area contributed by atoms with E-state index in [4.69, 9.17) is 4.74 Å². The van der Waals surface area contributed by atoms with E-state index in [-0.39, 0.29) is 11.2 Å². The van der Waals surface area contributed by atoms with Crippen molar-refractivity contribution in [2.45, 2.75) is 19.1 Å². The van der Waals surface area contributed by atoms with Crippen molar-refractivity contribution in [3.63, 3.8) is 0 Å². The van der Waals surface area contributed by atoms with Crippen molar-refractivity contribution < 1.29 is 9.53 Å². The van der Waals surface area contributed by atoms with E-state index in [9.17, 15) is 4.79 Å². The minimum absolute atomic E-state index is 0.000326. The molecule has 140 valence electrons. The summed E-state index contributed by atoms with van der Waals surface area (Å²) in [6.07, 6.45) is 1.84. The van der Waals surface area contributed by atoms with Crippen LogP contribution in [0, 0.1) is 13.8 Å². The first-order valence-electron chi connectivity index (χ1n) is 8.63. The van der Waals surface area contributed by atoms with Crippen molar-refractivity contribution >= 4 is 23.5 Å². The number of carbonyl (C=O) groups is 1. The SMILES string of the molecule is COc1ccc(-n2ncc3c2NC(=O)CS[C@H]3c2c(C)nn(C)c2C)cc1. The van der Waals surface area contributed by atoms with Crippen LogP contribution in [-0.2, 0) is 11.8 Å². The molecule has 1 aliphatic heterocycles. The lowest BCUT2D eigenvalue weighted by molar-refractivity contribution is -0.113. The standard InChI is InChI=1S/C19H21N5O2S/c1-11-17(12(2)23(3)22-11)18-15-9-20-24(19(15)21-16(25)10-27-18)13-5-7-14(26-4)8-6-13/h5-9,18H,10H2,1-4H3,(H,21,25)/t18-/m1/s1. The van der Waals surface area contributed by atoms with E-state index in [1.165, 1.54) is 0 Å². The highest BCUT2D eigenvalue weighted by Gasteiger charge is 2.31. The molecule has 27 heavy (non-hydrogen) atoms. The molecule has 3 heterocycles. The van der Waals surface area contributed by atoms with Crippen molar-refractivity contribution in [3.8, 4) is 11.4 Å². The van der Waals surface area contributed by atoms with Crippen LogP contribution < -0.4 is 10.1 Å². The van der Waals surface area contributed by atoms with E-state index in [2.05, 4.69) is 22.4 Å². The number of nitrogens with one attached hydrogen (secondary N) is 1. The molecule has 0 unspecified atom stereocenters. The zero-order valence-corrected chi connectivity index (χ0v) is 16.5. The lowest BCUT2D eigenvalue weighted by Gasteiger charge is -2.15. The molecule has 1 aromatic carbocycles. The second-order valence-electron chi connectivity index (χ2n) is 6.51. The first kappa shape index (κ1) is 17.7. The van der Waals surface area contributed by atoms with Crippen LogP contribution in [0.25, 0.3) is 5.69 Å². The van der Waals surface area contributed by atoms with Gasteiger partial charge in [-0.05, 0) is 38.1 Å². The summed E-state index contributed by atoms with van der Waals surface area (Å²) in [6, 6.07) is 7.60. The van der Waals surface area contributed by atoms with Crippen LogP contribution in [0.5, 0.6) is 5.75 Å². The van der Waals surface area contributed by atoms with Gasteiger partial charge in [-0.1, -0.05) is 0 Å². The monoisotopic (exact) mass is 383 g/mol. The highest BCUT2D eigenvalue weighted by atomic mass is 32.2. The Balaban J connectivity index is 1.84. The van der Waals surface area contributed by atoms with Gasteiger partial charge in [-0.3, -0.25) is 9.48 Å². The Labute approximate surface area is 161 Å². The summed E-state index contributed by atoms with van der Waals surface area (Å²) in [5.74, 6) is 1.84. The Morgan fingerprint density at radius 2 is 2.00 bits per heavy atom. The number of fused-ring (bicyclic) bond motifs is 1. The number of hydrogen-bond donors (Lipinski definition) is 1. The van der Waals surface area contributed by atoms with Crippen molar-refractivity contribution in [1.82, 2.24) is 19.6 Å². The molecule has 1 N–H and O–H groups in total. The molecule has 7 nitrogen and oxygen atoms in total. The molecule has 0 saturated carbocycles. The van der Waals surface area contributed by atoms with Crippen molar-refractivity contribution in [1.29, 1.82) is 0 Å². The predicted molar refractivity (Wildman–Crippen MR) is 106 cm³/mol. The van der Waals surface area contributed by atoms with Crippen LogP contribution in [-0.4, -0.2) is 38.3 Å². The fourth-order valence-corrected chi connectivity index (χ4v) is 4.67.